The molecule has 0 spiro atoms. The Bertz CT molecular complexity index is 704. The van der Waals surface area contributed by atoms with Gasteiger partial charge in [0.25, 0.3) is 0 Å². The average Bonchev–Trinajstić information content (AvgIpc) is 2.80. The molecule has 1 heteroatoms. The number of nitrogens with one attached hydrogen (secondary N) is 1. The second-order valence-electron chi connectivity index (χ2n) is 7.25. The Morgan fingerprint density at radius 2 is 1.55 bits per heavy atom. The minimum atomic E-state index is 0.131. The van der Waals surface area contributed by atoms with Crippen LogP contribution < -0.4 is 5.32 Å². The molecular weight excluding hydrogens is 266 g/mol. The van der Waals surface area contributed by atoms with Crippen molar-refractivity contribution in [2.24, 2.45) is 0 Å². The zero-order chi connectivity index (χ0) is 15.7. The Kier molecular flexibility index (Phi) is 3.92. The molecule has 0 radical (unpaired) electrons. The number of hydrogen-bond donors (Lipinski definition) is 1. The second kappa shape index (κ2) is 5.73. The molecule has 2 aromatic carbocycles. The van der Waals surface area contributed by atoms with Crippen LogP contribution in [0.3, 0.4) is 0 Å². The molecule has 3 rings (SSSR count). The van der Waals surface area contributed by atoms with Gasteiger partial charge in [0.15, 0.2) is 0 Å². The lowest BCUT2D eigenvalue weighted by molar-refractivity contribution is 0.423. The smallest absolute Gasteiger partial charge is 0.0308 e. The van der Waals surface area contributed by atoms with E-state index in [2.05, 4.69) is 87.6 Å². The molecule has 1 unspecified atom stereocenters. The summed E-state index contributed by atoms with van der Waals surface area (Å²) in [6, 6.07) is 17.6. The Hall–Kier alpha value is -1.86. The first-order valence-electron chi connectivity index (χ1n) is 8.06. The van der Waals surface area contributed by atoms with Crippen LogP contribution in [0.15, 0.2) is 54.1 Å². The maximum atomic E-state index is 3.62. The molecule has 1 atom stereocenters. The lowest BCUT2D eigenvalue weighted by atomic mass is 9.86. The summed E-state index contributed by atoms with van der Waals surface area (Å²) < 4.78 is 0. The normalized spacial score (nSPS) is 17.3. The second-order valence-corrected chi connectivity index (χ2v) is 7.25. The Morgan fingerprint density at radius 1 is 0.909 bits per heavy atom. The molecule has 0 aromatic heterocycles. The quantitative estimate of drug-likeness (QED) is 0.827. The van der Waals surface area contributed by atoms with Crippen molar-refractivity contribution >= 4 is 6.08 Å². The highest BCUT2D eigenvalue weighted by Gasteiger charge is 2.25. The van der Waals surface area contributed by atoms with E-state index >= 15 is 0 Å². The van der Waals surface area contributed by atoms with E-state index in [1.54, 1.807) is 0 Å². The summed E-state index contributed by atoms with van der Waals surface area (Å²) in [5, 5.41) is 3.62. The van der Waals surface area contributed by atoms with E-state index in [0.717, 1.165) is 6.54 Å². The molecule has 2 aromatic rings. The van der Waals surface area contributed by atoms with E-state index in [1.807, 2.05) is 0 Å². The number of fused-ring (bicyclic) bond motifs is 1. The standard InChI is InChI=1S/C21H25N/c1-15-13-16-9-5-7-11-18(16)20(15)19-12-8-6-10-17(19)14-22-21(2,3)4/h5-13,20,22H,14H2,1-4H3. The highest BCUT2D eigenvalue weighted by molar-refractivity contribution is 5.69. The van der Waals surface area contributed by atoms with Crippen LogP contribution in [0, 0.1) is 0 Å². The maximum Gasteiger partial charge on any atom is 0.0308 e. The maximum absolute atomic E-state index is 3.62. The van der Waals surface area contributed by atoms with Gasteiger partial charge >= 0.3 is 0 Å². The number of allylic oxidation sites excluding steroid dienone is 1. The van der Waals surface area contributed by atoms with Gasteiger partial charge in [0.2, 0.25) is 0 Å². The molecule has 114 valence electrons. The SMILES string of the molecule is CC1=Cc2ccccc2C1c1ccccc1CNC(C)(C)C. The van der Waals surface area contributed by atoms with Gasteiger partial charge in [-0.25, -0.2) is 0 Å². The van der Waals surface area contributed by atoms with Gasteiger partial charge in [0.05, 0.1) is 0 Å². The first-order chi connectivity index (χ1) is 10.5. The summed E-state index contributed by atoms with van der Waals surface area (Å²) in [4.78, 5) is 0. The van der Waals surface area contributed by atoms with Crippen molar-refractivity contribution in [1.82, 2.24) is 5.32 Å². The van der Waals surface area contributed by atoms with Crippen molar-refractivity contribution in [1.29, 1.82) is 0 Å². The molecule has 22 heavy (non-hydrogen) atoms. The third-order valence-corrected chi connectivity index (χ3v) is 4.32. The van der Waals surface area contributed by atoms with Crippen molar-refractivity contribution < 1.29 is 0 Å². The number of rotatable bonds is 3. The van der Waals surface area contributed by atoms with Crippen molar-refractivity contribution in [2.75, 3.05) is 0 Å². The molecular formula is C21H25N. The first kappa shape index (κ1) is 15.1. The molecule has 0 amide bonds. The summed E-state index contributed by atoms with van der Waals surface area (Å²) in [7, 11) is 0. The topological polar surface area (TPSA) is 12.0 Å². The lowest BCUT2D eigenvalue weighted by Gasteiger charge is -2.24. The third-order valence-electron chi connectivity index (χ3n) is 4.32. The fourth-order valence-corrected chi connectivity index (χ4v) is 3.23. The van der Waals surface area contributed by atoms with E-state index in [1.165, 1.54) is 27.8 Å². The van der Waals surface area contributed by atoms with Crippen LogP contribution >= 0.6 is 0 Å². The van der Waals surface area contributed by atoms with Gasteiger partial charge in [-0.3, -0.25) is 0 Å². The molecule has 0 fully saturated rings. The van der Waals surface area contributed by atoms with Crippen LogP contribution in [0.1, 0.15) is 55.9 Å². The van der Waals surface area contributed by atoms with Gasteiger partial charge in [-0.15, -0.1) is 0 Å². The number of benzene rings is 2. The van der Waals surface area contributed by atoms with Crippen LogP contribution in [-0.2, 0) is 6.54 Å². The van der Waals surface area contributed by atoms with Crippen LogP contribution in [-0.4, -0.2) is 5.54 Å². The largest absolute Gasteiger partial charge is 0.308 e. The van der Waals surface area contributed by atoms with E-state index in [0.29, 0.717) is 5.92 Å². The Balaban J connectivity index is 1.98. The van der Waals surface area contributed by atoms with Crippen LogP contribution in [0.25, 0.3) is 6.08 Å². The first-order valence-corrected chi connectivity index (χ1v) is 8.06. The van der Waals surface area contributed by atoms with E-state index in [9.17, 15) is 0 Å². The van der Waals surface area contributed by atoms with E-state index < -0.39 is 0 Å². The molecule has 1 aliphatic rings. The average molecular weight is 291 g/mol. The predicted molar refractivity (Wildman–Crippen MR) is 95.0 cm³/mol. The molecule has 0 heterocycles. The molecule has 0 bridgehead atoms. The van der Waals surface area contributed by atoms with Gasteiger partial charge in [0, 0.05) is 18.0 Å². The molecule has 0 aliphatic heterocycles. The van der Waals surface area contributed by atoms with E-state index in [4.69, 9.17) is 0 Å². The van der Waals surface area contributed by atoms with Crippen LogP contribution in [0.5, 0.6) is 0 Å². The molecule has 0 saturated carbocycles. The zero-order valence-corrected chi connectivity index (χ0v) is 14.0. The van der Waals surface area contributed by atoms with Crippen LogP contribution in [0.2, 0.25) is 0 Å². The monoisotopic (exact) mass is 291 g/mol. The van der Waals surface area contributed by atoms with Crippen molar-refractivity contribution in [2.45, 2.75) is 45.7 Å². The third kappa shape index (κ3) is 3.00. The van der Waals surface area contributed by atoms with Gasteiger partial charge in [-0.1, -0.05) is 60.2 Å². The Labute approximate surface area is 134 Å². The molecule has 1 N–H and O–H groups in total. The lowest BCUT2D eigenvalue weighted by Crippen LogP contribution is -2.35. The fourth-order valence-electron chi connectivity index (χ4n) is 3.23. The minimum absolute atomic E-state index is 0.131. The molecule has 1 aliphatic carbocycles. The summed E-state index contributed by atoms with van der Waals surface area (Å²) >= 11 is 0. The summed E-state index contributed by atoms with van der Waals surface area (Å²) in [5.41, 5.74) is 7.19. The summed E-state index contributed by atoms with van der Waals surface area (Å²) in [6.45, 7) is 9.80. The fraction of sp³-hybridized carbons (Fsp3) is 0.333. The van der Waals surface area contributed by atoms with Crippen molar-refractivity contribution in [3.8, 4) is 0 Å². The highest BCUT2D eigenvalue weighted by Crippen LogP contribution is 2.41. The van der Waals surface area contributed by atoms with Gasteiger partial charge in [-0.05, 0) is 49.9 Å². The summed E-state index contributed by atoms with van der Waals surface area (Å²) in [5.74, 6) is 0.397. The highest BCUT2D eigenvalue weighted by atomic mass is 14.9. The predicted octanol–water partition coefficient (Wildman–Crippen LogP) is 5.12. The van der Waals surface area contributed by atoms with Gasteiger partial charge < -0.3 is 5.32 Å². The molecule has 0 saturated heterocycles. The zero-order valence-electron chi connectivity index (χ0n) is 14.0. The molecule has 1 nitrogen and oxygen atoms in total. The summed E-state index contributed by atoms with van der Waals surface area (Å²) in [6.07, 6.45) is 2.33. The Morgan fingerprint density at radius 3 is 2.27 bits per heavy atom. The number of hydrogen-bond acceptors (Lipinski definition) is 1. The van der Waals surface area contributed by atoms with Crippen molar-refractivity contribution in [3.63, 3.8) is 0 Å². The van der Waals surface area contributed by atoms with Gasteiger partial charge in [0.1, 0.15) is 0 Å². The van der Waals surface area contributed by atoms with Crippen molar-refractivity contribution in [3.05, 3.63) is 76.4 Å². The van der Waals surface area contributed by atoms with E-state index in [-0.39, 0.29) is 5.54 Å². The van der Waals surface area contributed by atoms with Gasteiger partial charge in [-0.2, -0.15) is 0 Å². The van der Waals surface area contributed by atoms with Crippen LogP contribution in [0.4, 0.5) is 0 Å². The minimum Gasteiger partial charge on any atom is -0.308 e.